The Kier molecular flexibility index (Phi) is 4.42. The number of rotatable bonds is 5. The molecule has 0 spiro atoms. The molecule has 2 fully saturated rings. The molecule has 3 N–H and O–H groups in total. The number of amides is 1. The van der Waals surface area contributed by atoms with E-state index in [0.717, 1.165) is 18.6 Å². The highest BCUT2D eigenvalue weighted by Crippen LogP contribution is 2.84. The number of H-pyrrole nitrogens is 1. The number of fused-ring (bicyclic) bond motifs is 2. The van der Waals surface area contributed by atoms with Crippen LogP contribution in [-0.4, -0.2) is 33.0 Å². The molecule has 2 aliphatic rings. The normalized spacial score (nSPS) is 22.5. The van der Waals surface area contributed by atoms with Crippen LogP contribution in [0.3, 0.4) is 0 Å². The minimum atomic E-state index is -4.43. The molecule has 4 aromatic rings. The number of benzene rings is 2. The highest BCUT2D eigenvalue weighted by atomic mass is 19.4. The third-order valence-electron chi connectivity index (χ3n) is 6.92. The Morgan fingerprint density at radius 1 is 1.17 bits per heavy atom. The average Bonchev–Trinajstić information content (AvgIpc) is 3.66. The van der Waals surface area contributed by atoms with Crippen molar-refractivity contribution in [3.8, 4) is 17.2 Å². The van der Waals surface area contributed by atoms with Crippen LogP contribution in [0, 0.1) is 5.92 Å². The van der Waals surface area contributed by atoms with Crippen molar-refractivity contribution in [2.45, 2.75) is 23.9 Å². The van der Waals surface area contributed by atoms with Crippen molar-refractivity contribution in [2.24, 2.45) is 5.92 Å². The fraction of sp³-hybridized carbons (Fsp3) is 0.240. The number of ether oxygens (including phenoxy) is 1. The second-order valence-corrected chi connectivity index (χ2v) is 8.92. The van der Waals surface area contributed by atoms with E-state index in [9.17, 15) is 23.1 Å². The van der Waals surface area contributed by atoms with Crippen LogP contribution in [0.5, 0.6) is 17.2 Å². The van der Waals surface area contributed by atoms with Gasteiger partial charge in [-0.1, -0.05) is 0 Å². The van der Waals surface area contributed by atoms with Gasteiger partial charge in [-0.15, -0.1) is 0 Å². The number of aromatic nitrogens is 3. The van der Waals surface area contributed by atoms with Gasteiger partial charge in [0.15, 0.2) is 0 Å². The van der Waals surface area contributed by atoms with Gasteiger partial charge < -0.3 is 20.1 Å². The van der Waals surface area contributed by atoms with Crippen molar-refractivity contribution in [2.75, 3.05) is 7.05 Å². The summed E-state index contributed by atoms with van der Waals surface area (Å²) in [5.74, 6) is 1.54. The van der Waals surface area contributed by atoms with Gasteiger partial charge in [0.25, 0.3) is 5.91 Å². The van der Waals surface area contributed by atoms with E-state index in [1.807, 2.05) is 0 Å². The van der Waals surface area contributed by atoms with Gasteiger partial charge in [-0.2, -0.15) is 13.2 Å². The van der Waals surface area contributed by atoms with Crippen molar-refractivity contribution in [3.05, 3.63) is 77.4 Å². The minimum Gasteiger partial charge on any atom is -0.508 e. The van der Waals surface area contributed by atoms with E-state index < -0.39 is 11.7 Å². The fourth-order valence-electron chi connectivity index (χ4n) is 4.94. The standard InChI is InChI=1S/C25H19F3N4O3/c1-29-22(34)19-10-14(6-7-30-19)35-13-3-5-20(33)15(9-13)21-16-11-24(16,21)23-31-17-4-2-12(25(26,27)28)8-18(17)32-23/h2-10,16,21,33H,11H2,1H3,(H,29,34)(H,31,32). The average molecular weight is 480 g/mol. The lowest BCUT2D eigenvalue weighted by atomic mass is 9.95. The molecule has 3 atom stereocenters. The molecule has 35 heavy (non-hydrogen) atoms. The van der Waals surface area contributed by atoms with E-state index in [1.54, 1.807) is 24.3 Å². The molecule has 10 heteroatoms. The van der Waals surface area contributed by atoms with Crippen molar-refractivity contribution in [1.82, 2.24) is 20.3 Å². The van der Waals surface area contributed by atoms with E-state index in [-0.39, 0.29) is 34.6 Å². The molecule has 0 bridgehead atoms. The second kappa shape index (κ2) is 7.21. The summed E-state index contributed by atoms with van der Waals surface area (Å²) in [6.45, 7) is 0. The number of alkyl halides is 3. The quantitative estimate of drug-likeness (QED) is 0.378. The minimum absolute atomic E-state index is 0.0208. The summed E-state index contributed by atoms with van der Waals surface area (Å²) in [6.07, 6.45) is -2.11. The van der Waals surface area contributed by atoms with Crippen LogP contribution >= 0.6 is 0 Å². The molecule has 2 aromatic carbocycles. The summed E-state index contributed by atoms with van der Waals surface area (Å²) < 4.78 is 45.2. The smallest absolute Gasteiger partial charge is 0.416 e. The molecule has 0 radical (unpaired) electrons. The summed E-state index contributed by atoms with van der Waals surface area (Å²) >= 11 is 0. The summed E-state index contributed by atoms with van der Waals surface area (Å²) in [5.41, 5.74) is 0.670. The molecule has 3 unspecified atom stereocenters. The number of pyridine rings is 1. The largest absolute Gasteiger partial charge is 0.508 e. The maximum absolute atomic E-state index is 13.1. The van der Waals surface area contributed by atoms with Gasteiger partial charge >= 0.3 is 6.18 Å². The number of aromatic amines is 1. The van der Waals surface area contributed by atoms with Crippen LogP contribution in [0.15, 0.2) is 54.7 Å². The first-order valence-electron chi connectivity index (χ1n) is 11.0. The third kappa shape index (κ3) is 3.39. The predicted octanol–water partition coefficient (Wildman–Crippen LogP) is 4.89. The topological polar surface area (TPSA) is 100 Å². The molecule has 2 aliphatic carbocycles. The Balaban J connectivity index is 1.27. The number of phenols is 1. The molecule has 2 aromatic heterocycles. The zero-order chi connectivity index (χ0) is 24.5. The Bertz CT molecular complexity index is 1500. The lowest BCUT2D eigenvalue weighted by Crippen LogP contribution is -2.18. The molecule has 7 nitrogen and oxygen atoms in total. The molecule has 178 valence electrons. The maximum Gasteiger partial charge on any atom is 0.416 e. The number of halogens is 3. The molecular weight excluding hydrogens is 461 g/mol. The number of nitrogens with zero attached hydrogens (tertiary/aromatic N) is 2. The molecule has 6 rings (SSSR count). The highest BCUT2D eigenvalue weighted by Gasteiger charge is 2.81. The van der Waals surface area contributed by atoms with Gasteiger partial charge in [0.1, 0.15) is 28.8 Å². The first-order valence-corrected chi connectivity index (χ1v) is 11.0. The maximum atomic E-state index is 13.1. The van der Waals surface area contributed by atoms with E-state index in [2.05, 4.69) is 20.3 Å². The van der Waals surface area contributed by atoms with Crippen molar-refractivity contribution >= 4 is 16.9 Å². The number of carbonyl (C=O) groups excluding carboxylic acids is 1. The van der Waals surface area contributed by atoms with Gasteiger partial charge in [-0.3, -0.25) is 9.78 Å². The van der Waals surface area contributed by atoms with Gasteiger partial charge in [0.2, 0.25) is 0 Å². The molecule has 1 amide bonds. The predicted molar refractivity (Wildman–Crippen MR) is 119 cm³/mol. The van der Waals surface area contributed by atoms with E-state index in [0.29, 0.717) is 33.9 Å². The number of imidazole rings is 1. The monoisotopic (exact) mass is 480 g/mol. The Morgan fingerprint density at radius 2 is 1.97 bits per heavy atom. The lowest BCUT2D eigenvalue weighted by molar-refractivity contribution is -0.137. The van der Waals surface area contributed by atoms with E-state index in [4.69, 9.17) is 4.74 Å². The fourth-order valence-corrected chi connectivity index (χ4v) is 4.94. The zero-order valence-corrected chi connectivity index (χ0v) is 18.3. The summed E-state index contributed by atoms with van der Waals surface area (Å²) in [5, 5.41) is 13.1. The number of aromatic hydroxyl groups is 1. The first kappa shape index (κ1) is 21.5. The van der Waals surface area contributed by atoms with Crippen LogP contribution in [0.2, 0.25) is 0 Å². The van der Waals surface area contributed by atoms with Gasteiger partial charge in [0, 0.05) is 36.2 Å². The number of hydrogen-bond acceptors (Lipinski definition) is 5. The molecule has 2 saturated carbocycles. The number of nitrogens with one attached hydrogen (secondary N) is 2. The van der Waals surface area contributed by atoms with Crippen LogP contribution in [0.4, 0.5) is 13.2 Å². The van der Waals surface area contributed by atoms with Gasteiger partial charge in [-0.05, 0) is 54.8 Å². The third-order valence-corrected chi connectivity index (χ3v) is 6.92. The zero-order valence-electron chi connectivity index (χ0n) is 18.3. The molecule has 0 aliphatic heterocycles. The second-order valence-electron chi connectivity index (χ2n) is 8.92. The molecule has 2 heterocycles. The Labute approximate surface area is 197 Å². The van der Waals surface area contributed by atoms with Crippen LogP contribution in [0.25, 0.3) is 11.0 Å². The van der Waals surface area contributed by atoms with E-state index in [1.165, 1.54) is 25.4 Å². The summed E-state index contributed by atoms with van der Waals surface area (Å²) in [4.78, 5) is 23.5. The van der Waals surface area contributed by atoms with Crippen molar-refractivity contribution in [3.63, 3.8) is 0 Å². The Morgan fingerprint density at radius 3 is 2.71 bits per heavy atom. The lowest BCUT2D eigenvalue weighted by Gasteiger charge is -2.14. The van der Waals surface area contributed by atoms with Gasteiger partial charge in [-0.25, -0.2) is 4.98 Å². The SMILES string of the molecule is CNC(=O)c1cc(Oc2ccc(O)c(C3C4CC43c3nc4ccc(C(F)(F)F)cc4[nH]3)c2)ccn1. The summed E-state index contributed by atoms with van der Waals surface area (Å²) in [7, 11) is 1.51. The van der Waals surface area contributed by atoms with Crippen LogP contribution in [-0.2, 0) is 11.6 Å². The Hall–Kier alpha value is -4.08. The first-order chi connectivity index (χ1) is 16.7. The molecule has 0 saturated heterocycles. The van der Waals surface area contributed by atoms with Crippen molar-refractivity contribution in [1.29, 1.82) is 0 Å². The highest BCUT2D eigenvalue weighted by molar-refractivity contribution is 5.92. The van der Waals surface area contributed by atoms with Crippen LogP contribution in [0.1, 0.15) is 39.8 Å². The van der Waals surface area contributed by atoms with Crippen LogP contribution < -0.4 is 10.1 Å². The number of phenolic OH excluding ortho intramolecular Hbond substituents is 1. The van der Waals surface area contributed by atoms with Gasteiger partial charge in [0.05, 0.1) is 16.6 Å². The molecular formula is C25H19F3N4O3. The summed E-state index contributed by atoms with van der Waals surface area (Å²) in [6, 6.07) is 11.5. The number of carbonyl (C=O) groups is 1. The van der Waals surface area contributed by atoms with E-state index >= 15 is 0 Å². The number of hydrogen-bond donors (Lipinski definition) is 3. The van der Waals surface area contributed by atoms with Crippen molar-refractivity contribution < 1.29 is 27.8 Å².